The molecule has 2 aromatic carbocycles. The molecule has 0 amide bonds. The van der Waals surface area contributed by atoms with Gasteiger partial charge in [0.05, 0.1) is 17.5 Å². The first kappa shape index (κ1) is 18.7. The van der Waals surface area contributed by atoms with Gasteiger partial charge in [-0.2, -0.15) is 4.57 Å². The Morgan fingerprint density at radius 3 is 2.67 bits per heavy atom. The van der Waals surface area contributed by atoms with Gasteiger partial charge in [-0.15, -0.1) is 0 Å². The maximum Gasteiger partial charge on any atom is 0.236 e. The van der Waals surface area contributed by atoms with Crippen molar-refractivity contribution in [3.05, 3.63) is 64.6 Å². The minimum absolute atomic E-state index is 0.512. The summed E-state index contributed by atoms with van der Waals surface area (Å²) in [6.45, 7) is 16.1. The Hall–Kier alpha value is -3.32. The smallest absolute Gasteiger partial charge is 0.236 e. The second-order valence-corrected chi connectivity index (χ2v) is 9.13. The Morgan fingerprint density at radius 2 is 1.93 bits per heavy atom. The maximum atomic E-state index is 7.71. The second kappa shape index (κ2) is 6.09. The van der Waals surface area contributed by atoms with E-state index in [1.807, 2.05) is 13.8 Å². The molecule has 150 valence electrons. The molecular formula is C26H26N3O+. The lowest BCUT2D eigenvalue weighted by Gasteiger charge is -2.19. The quantitative estimate of drug-likeness (QED) is 0.158. The first-order valence-electron chi connectivity index (χ1n) is 10.3. The van der Waals surface area contributed by atoms with Crippen LogP contribution in [0.4, 0.5) is 0 Å². The van der Waals surface area contributed by atoms with Crippen molar-refractivity contribution < 1.29 is 8.98 Å². The third kappa shape index (κ3) is 2.42. The highest BCUT2D eigenvalue weighted by atomic mass is 16.3. The molecule has 0 saturated heterocycles. The van der Waals surface area contributed by atoms with Crippen molar-refractivity contribution in [3.63, 3.8) is 0 Å². The fourth-order valence-electron chi connectivity index (χ4n) is 4.86. The number of fused-ring (bicyclic) bond motifs is 3. The van der Waals surface area contributed by atoms with Crippen molar-refractivity contribution in [2.45, 2.75) is 39.7 Å². The molecule has 0 atom stereocenters. The number of aryl methyl sites for hydroxylation is 4. The Balaban J connectivity index is 2.13. The molecule has 0 unspecified atom stereocenters. The van der Waals surface area contributed by atoms with Gasteiger partial charge in [0.2, 0.25) is 11.1 Å². The van der Waals surface area contributed by atoms with Crippen LogP contribution in [0.3, 0.4) is 0 Å². The fourth-order valence-corrected chi connectivity index (χ4v) is 4.86. The molecule has 4 heteroatoms. The summed E-state index contributed by atoms with van der Waals surface area (Å²) < 4.78 is 11.0. The normalized spacial score (nSPS) is 12.4. The van der Waals surface area contributed by atoms with E-state index in [4.69, 9.17) is 11.0 Å². The van der Waals surface area contributed by atoms with Gasteiger partial charge >= 0.3 is 0 Å². The summed E-state index contributed by atoms with van der Waals surface area (Å²) in [5.41, 5.74) is 8.33. The van der Waals surface area contributed by atoms with Crippen LogP contribution in [-0.4, -0.2) is 10.1 Å². The van der Waals surface area contributed by atoms with Gasteiger partial charge in [0.1, 0.15) is 18.1 Å². The molecule has 30 heavy (non-hydrogen) atoms. The first-order chi connectivity index (χ1) is 14.2. The summed E-state index contributed by atoms with van der Waals surface area (Å²) in [4.78, 5) is 3.90. The molecule has 0 aliphatic rings. The molecule has 3 heterocycles. The zero-order valence-electron chi connectivity index (χ0n) is 18.4. The van der Waals surface area contributed by atoms with E-state index in [9.17, 15) is 0 Å². The average Bonchev–Trinajstić information content (AvgIpc) is 3.10. The third-order valence-electron chi connectivity index (χ3n) is 6.53. The van der Waals surface area contributed by atoms with E-state index in [0.717, 1.165) is 33.3 Å². The topological polar surface area (TPSA) is 26.3 Å². The summed E-state index contributed by atoms with van der Waals surface area (Å²) in [6, 6.07) is 10.7. The molecule has 0 saturated carbocycles. The van der Waals surface area contributed by atoms with Crippen LogP contribution in [0.2, 0.25) is 0 Å². The molecule has 4 nitrogen and oxygen atoms in total. The Bertz CT molecular complexity index is 1540. The van der Waals surface area contributed by atoms with Gasteiger partial charge in [-0.25, -0.2) is 6.57 Å². The van der Waals surface area contributed by atoms with E-state index in [1.54, 1.807) is 0 Å². The lowest BCUT2D eigenvalue weighted by atomic mass is 9.91. The van der Waals surface area contributed by atoms with E-state index >= 15 is 0 Å². The van der Waals surface area contributed by atoms with Gasteiger partial charge in [-0.1, -0.05) is 18.2 Å². The van der Waals surface area contributed by atoms with Gasteiger partial charge in [0.25, 0.3) is 0 Å². The minimum atomic E-state index is -0.512. The molecule has 0 bridgehead atoms. The maximum absolute atomic E-state index is 7.71. The summed E-state index contributed by atoms with van der Waals surface area (Å²) >= 11 is 0. The lowest BCUT2D eigenvalue weighted by molar-refractivity contribution is -0.642. The van der Waals surface area contributed by atoms with Gasteiger partial charge in [-0.05, 0) is 36.4 Å². The zero-order chi connectivity index (χ0) is 21.4. The SMILES string of the molecule is [C-]#[N+]C(C)(C)Cc1c2oc3cccc4cc(C)c(C)c(c43)c2n(C)c2cc[n+](C)c12. The van der Waals surface area contributed by atoms with Crippen molar-refractivity contribution in [2.24, 2.45) is 14.1 Å². The van der Waals surface area contributed by atoms with Crippen LogP contribution in [0.1, 0.15) is 30.5 Å². The molecule has 0 spiro atoms. The van der Waals surface area contributed by atoms with Crippen LogP contribution < -0.4 is 4.57 Å². The summed E-state index contributed by atoms with van der Waals surface area (Å²) in [5, 5.41) is 3.62. The lowest BCUT2D eigenvalue weighted by Crippen LogP contribution is -2.28. The molecule has 0 aliphatic carbocycles. The largest absolute Gasteiger partial charge is 0.454 e. The standard InChI is InChI=1S/C26H26N3O/c1-15-13-17-9-8-10-20-22(17)21(16(15)2)24-25(30-20)18(14-26(3,4)27-5)23-19(29(24)7)11-12-28(23)6/h8-13H,14H2,1-4,6-7H3/q+1. The van der Waals surface area contributed by atoms with E-state index in [2.05, 4.69) is 78.5 Å². The highest BCUT2D eigenvalue weighted by Crippen LogP contribution is 2.40. The van der Waals surface area contributed by atoms with Crippen molar-refractivity contribution in [3.8, 4) is 0 Å². The van der Waals surface area contributed by atoms with Crippen molar-refractivity contribution >= 4 is 43.9 Å². The number of nitrogens with zero attached hydrogens (tertiary/aromatic N) is 3. The number of benzene rings is 2. The first-order valence-corrected chi connectivity index (χ1v) is 10.3. The van der Waals surface area contributed by atoms with Crippen molar-refractivity contribution in [2.75, 3.05) is 0 Å². The Labute approximate surface area is 176 Å². The molecule has 0 N–H and O–H groups in total. The minimum Gasteiger partial charge on any atom is -0.454 e. The van der Waals surface area contributed by atoms with Crippen LogP contribution in [-0.2, 0) is 20.5 Å². The molecule has 5 aromatic rings. The van der Waals surface area contributed by atoms with Crippen LogP contribution in [0.5, 0.6) is 0 Å². The van der Waals surface area contributed by atoms with E-state index in [1.165, 1.54) is 27.3 Å². The molecular weight excluding hydrogens is 370 g/mol. The van der Waals surface area contributed by atoms with Gasteiger partial charge in [-0.3, -0.25) is 0 Å². The number of pyridine rings is 1. The molecule has 0 aliphatic heterocycles. The second-order valence-electron chi connectivity index (χ2n) is 9.13. The highest BCUT2D eigenvalue weighted by Gasteiger charge is 2.32. The zero-order valence-corrected chi connectivity index (χ0v) is 18.4. The highest BCUT2D eigenvalue weighted by molar-refractivity contribution is 6.19. The Kier molecular flexibility index (Phi) is 3.79. The third-order valence-corrected chi connectivity index (χ3v) is 6.53. The predicted octanol–water partition coefficient (Wildman–Crippen LogP) is 5.91. The molecule has 0 fully saturated rings. The van der Waals surface area contributed by atoms with E-state index in [0.29, 0.717) is 6.42 Å². The predicted molar refractivity (Wildman–Crippen MR) is 123 cm³/mol. The van der Waals surface area contributed by atoms with Gasteiger partial charge in [0.15, 0.2) is 11.8 Å². The van der Waals surface area contributed by atoms with Crippen molar-refractivity contribution in [1.29, 1.82) is 0 Å². The molecule has 3 aromatic heterocycles. The van der Waals surface area contributed by atoms with Crippen LogP contribution >= 0.6 is 0 Å². The van der Waals surface area contributed by atoms with Crippen molar-refractivity contribution in [1.82, 2.24) is 4.57 Å². The Morgan fingerprint density at radius 1 is 1.17 bits per heavy atom. The molecule has 5 rings (SSSR count). The number of hydrogen-bond donors (Lipinski definition) is 0. The molecule has 0 radical (unpaired) electrons. The monoisotopic (exact) mass is 396 g/mol. The van der Waals surface area contributed by atoms with Gasteiger partial charge in [0, 0.05) is 37.7 Å². The van der Waals surface area contributed by atoms with E-state index in [-0.39, 0.29) is 0 Å². The number of rotatable bonds is 2. The summed E-state index contributed by atoms with van der Waals surface area (Å²) in [7, 11) is 4.19. The summed E-state index contributed by atoms with van der Waals surface area (Å²) in [6.07, 6.45) is 2.72. The fraction of sp³-hybridized carbons (Fsp3) is 0.308. The van der Waals surface area contributed by atoms with Crippen LogP contribution in [0.15, 0.2) is 40.9 Å². The summed E-state index contributed by atoms with van der Waals surface area (Å²) in [5.74, 6) is 0. The van der Waals surface area contributed by atoms with Crippen LogP contribution in [0.25, 0.3) is 48.7 Å². The number of aromatic nitrogens is 2. The number of hydrogen-bond acceptors (Lipinski definition) is 1. The average molecular weight is 397 g/mol. The van der Waals surface area contributed by atoms with Crippen LogP contribution in [0, 0.1) is 20.4 Å². The van der Waals surface area contributed by atoms with Gasteiger partial charge < -0.3 is 13.8 Å². The van der Waals surface area contributed by atoms with E-state index < -0.39 is 5.54 Å².